The summed E-state index contributed by atoms with van der Waals surface area (Å²) in [6.07, 6.45) is -1.64. The smallest absolute Gasteiger partial charge is 0.420 e. The number of rotatable bonds is 2. The van der Waals surface area contributed by atoms with Crippen LogP contribution in [-0.2, 0) is 15.1 Å². The summed E-state index contributed by atoms with van der Waals surface area (Å²) in [4.78, 5) is 36.3. The summed E-state index contributed by atoms with van der Waals surface area (Å²) in [6, 6.07) is 4.94. The molecule has 1 unspecified atom stereocenters. The maximum absolute atomic E-state index is 12.1. The lowest BCUT2D eigenvalue weighted by Crippen LogP contribution is -2.32. The highest BCUT2D eigenvalue weighted by molar-refractivity contribution is 5.96. The molecule has 23 heavy (non-hydrogen) atoms. The number of cyclic esters (lactones) is 1. The Bertz CT molecular complexity index is 858. The molecule has 8 nitrogen and oxygen atoms in total. The quantitative estimate of drug-likeness (QED) is 0.893. The fraction of sp³-hybridized carbons (Fsp3) is 0.400. The van der Waals surface area contributed by atoms with Gasteiger partial charge in [0.1, 0.15) is 0 Å². The second-order valence-electron chi connectivity index (χ2n) is 6.41. The molecular formula is C15H17N3O5. The first-order valence-corrected chi connectivity index (χ1v) is 7.12. The van der Waals surface area contributed by atoms with Gasteiger partial charge in [-0.15, -0.1) is 0 Å². The van der Waals surface area contributed by atoms with Crippen LogP contribution in [0.4, 0.5) is 10.5 Å². The summed E-state index contributed by atoms with van der Waals surface area (Å²) in [5.74, 6) is -1.17. The molecule has 1 aliphatic rings. The van der Waals surface area contributed by atoms with Crippen LogP contribution in [0.5, 0.6) is 0 Å². The maximum Gasteiger partial charge on any atom is 0.420 e. The largest absolute Gasteiger partial charge is 0.434 e. The van der Waals surface area contributed by atoms with E-state index < -0.39 is 29.4 Å². The highest BCUT2D eigenvalue weighted by atomic mass is 16.6. The number of carbonyl (C=O) groups is 2. The van der Waals surface area contributed by atoms with Crippen LogP contribution in [0.1, 0.15) is 20.8 Å². The number of ether oxygens (including phenoxy) is 1. The number of carbonyl (C=O) groups excluding carboxylic acids is 2. The lowest BCUT2D eigenvalue weighted by Gasteiger charge is -2.19. The van der Waals surface area contributed by atoms with E-state index in [1.165, 1.54) is 4.90 Å². The molecule has 1 aromatic heterocycles. The fourth-order valence-electron chi connectivity index (χ4n) is 2.63. The molecule has 1 fully saturated rings. The first-order chi connectivity index (χ1) is 10.7. The first-order valence-electron chi connectivity index (χ1n) is 7.12. The van der Waals surface area contributed by atoms with Crippen molar-refractivity contribution in [3.63, 3.8) is 0 Å². The third-order valence-corrected chi connectivity index (χ3v) is 3.68. The molecule has 1 aliphatic heterocycles. The van der Waals surface area contributed by atoms with Gasteiger partial charge in [-0.05, 0) is 32.9 Å². The van der Waals surface area contributed by atoms with Crippen LogP contribution in [0.15, 0.2) is 27.4 Å². The van der Waals surface area contributed by atoms with E-state index in [4.69, 9.17) is 14.9 Å². The van der Waals surface area contributed by atoms with Gasteiger partial charge in [0.2, 0.25) is 0 Å². The van der Waals surface area contributed by atoms with Crippen molar-refractivity contribution in [2.45, 2.75) is 32.4 Å². The molecular weight excluding hydrogens is 302 g/mol. The predicted molar refractivity (Wildman–Crippen MR) is 82.3 cm³/mol. The number of hydrogen-bond donors (Lipinski definition) is 1. The number of primary amides is 1. The van der Waals surface area contributed by atoms with Crippen LogP contribution >= 0.6 is 0 Å². The number of fused-ring (bicyclic) bond motifs is 1. The summed E-state index contributed by atoms with van der Waals surface area (Å²) in [5, 5.41) is 0. The molecule has 2 heterocycles. The van der Waals surface area contributed by atoms with Gasteiger partial charge in [0.25, 0.3) is 5.91 Å². The molecule has 1 saturated heterocycles. The zero-order valence-corrected chi connectivity index (χ0v) is 13.0. The van der Waals surface area contributed by atoms with Gasteiger partial charge in [-0.25, -0.2) is 9.59 Å². The topological polar surface area (TPSA) is 108 Å². The van der Waals surface area contributed by atoms with E-state index in [1.54, 1.807) is 22.8 Å². The van der Waals surface area contributed by atoms with Crippen molar-refractivity contribution < 1.29 is 18.7 Å². The second kappa shape index (κ2) is 4.87. The van der Waals surface area contributed by atoms with Crippen LogP contribution in [0.2, 0.25) is 0 Å². The first kappa shape index (κ1) is 15.1. The van der Waals surface area contributed by atoms with E-state index >= 15 is 0 Å². The molecule has 2 N–H and O–H groups in total. The number of nitrogens with zero attached hydrogens (tertiary/aromatic N) is 2. The third kappa shape index (κ3) is 2.45. The monoisotopic (exact) mass is 319 g/mol. The molecule has 0 bridgehead atoms. The van der Waals surface area contributed by atoms with Gasteiger partial charge in [-0.2, -0.15) is 0 Å². The van der Waals surface area contributed by atoms with E-state index in [2.05, 4.69) is 0 Å². The van der Waals surface area contributed by atoms with E-state index in [9.17, 15) is 14.4 Å². The Morgan fingerprint density at radius 2 is 2.00 bits per heavy atom. The zero-order valence-electron chi connectivity index (χ0n) is 13.0. The van der Waals surface area contributed by atoms with Crippen LogP contribution in [-0.4, -0.2) is 29.2 Å². The van der Waals surface area contributed by atoms with Crippen LogP contribution in [0.25, 0.3) is 11.1 Å². The molecule has 2 amide bonds. The normalized spacial score (nSPS) is 18.5. The fourth-order valence-corrected chi connectivity index (χ4v) is 2.63. The van der Waals surface area contributed by atoms with E-state index in [0.29, 0.717) is 16.8 Å². The molecule has 8 heteroatoms. The highest BCUT2D eigenvalue weighted by Gasteiger charge is 2.36. The molecule has 2 aromatic rings. The molecule has 1 aromatic carbocycles. The van der Waals surface area contributed by atoms with Crippen molar-refractivity contribution in [3.05, 3.63) is 28.7 Å². The Morgan fingerprint density at radius 1 is 1.30 bits per heavy atom. The van der Waals surface area contributed by atoms with Crippen molar-refractivity contribution in [3.8, 4) is 0 Å². The Morgan fingerprint density at radius 3 is 2.57 bits per heavy atom. The Labute approximate surface area is 131 Å². The van der Waals surface area contributed by atoms with Crippen molar-refractivity contribution in [2.24, 2.45) is 5.73 Å². The van der Waals surface area contributed by atoms with Crippen LogP contribution in [0, 0.1) is 0 Å². The number of amides is 2. The molecule has 122 valence electrons. The van der Waals surface area contributed by atoms with Gasteiger partial charge in [-0.1, -0.05) is 0 Å². The summed E-state index contributed by atoms with van der Waals surface area (Å²) < 4.78 is 11.7. The predicted octanol–water partition coefficient (Wildman–Crippen LogP) is 1.16. The van der Waals surface area contributed by atoms with Crippen LogP contribution in [0.3, 0.4) is 0 Å². The Balaban J connectivity index is 2.04. The molecule has 1 atom stereocenters. The van der Waals surface area contributed by atoms with Gasteiger partial charge in [0.05, 0.1) is 17.7 Å². The third-order valence-electron chi connectivity index (χ3n) is 3.68. The zero-order chi connectivity index (χ0) is 16.9. The van der Waals surface area contributed by atoms with Crippen molar-refractivity contribution in [1.82, 2.24) is 4.57 Å². The number of anilines is 1. The number of hydrogen-bond acceptors (Lipinski definition) is 5. The van der Waals surface area contributed by atoms with E-state index in [1.807, 2.05) is 20.8 Å². The summed E-state index contributed by atoms with van der Waals surface area (Å²) in [5.41, 5.74) is 6.18. The van der Waals surface area contributed by atoms with Crippen molar-refractivity contribution in [2.75, 3.05) is 11.4 Å². The standard InChI is InChI=1S/C15H17N3O5/c1-15(2,3)18-9-5-4-8(6-10(9)22-14(18)21)17-7-11(12(16)19)23-13(17)20/h4-6,11H,7H2,1-3H3,(H2,16,19). The summed E-state index contributed by atoms with van der Waals surface area (Å²) in [7, 11) is 0. The number of nitrogens with two attached hydrogens (primary N) is 1. The van der Waals surface area contributed by atoms with E-state index in [-0.39, 0.29) is 6.54 Å². The Hall–Kier alpha value is -2.77. The second-order valence-corrected chi connectivity index (χ2v) is 6.41. The minimum atomic E-state index is -0.982. The molecule has 0 spiro atoms. The minimum Gasteiger partial charge on any atom is -0.434 e. The SMILES string of the molecule is CC(C)(C)n1c(=O)oc2cc(N3CC(C(N)=O)OC3=O)ccc21. The average molecular weight is 319 g/mol. The lowest BCUT2D eigenvalue weighted by atomic mass is 10.1. The van der Waals surface area contributed by atoms with Gasteiger partial charge in [0.15, 0.2) is 11.7 Å². The maximum atomic E-state index is 12.1. The molecule has 0 radical (unpaired) electrons. The Kier molecular flexibility index (Phi) is 3.20. The van der Waals surface area contributed by atoms with Gasteiger partial charge in [0, 0.05) is 11.6 Å². The average Bonchev–Trinajstić information content (AvgIpc) is 2.96. The number of benzene rings is 1. The number of aromatic nitrogens is 1. The highest BCUT2D eigenvalue weighted by Crippen LogP contribution is 2.27. The molecule has 0 aliphatic carbocycles. The van der Waals surface area contributed by atoms with Crippen molar-refractivity contribution >= 4 is 28.8 Å². The molecule has 0 saturated carbocycles. The minimum absolute atomic E-state index is 0.0316. The summed E-state index contributed by atoms with van der Waals surface area (Å²) >= 11 is 0. The number of oxazole rings is 1. The molecule has 3 rings (SSSR count). The lowest BCUT2D eigenvalue weighted by molar-refractivity contribution is -0.124. The van der Waals surface area contributed by atoms with E-state index in [0.717, 1.165) is 0 Å². The van der Waals surface area contributed by atoms with Crippen LogP contribution < -0.4 is 16.4 Å². The summed E-state index contributed by atoms with van der Waals surface area (Å²) in [6.45, 7) is 5.72. The van der Waals surface area contributed by atoms with Gasteiger partial charge < -0.3 is 14.9 Å². The van der Waals surface area contributed by atoms with Gasteiger partial charge >= 0.3 is 11.8 Å². The van der Waals surface area contributed by atoms with Gasteiger partial charge in [-0.3, -0.25) is 14.3 Å². The van der Waals surface area contributed by atoms with Crippen molar-refractivity contribution in [1.29, 1.82) is 0 Å².